The Morgan fingerprint density at radius 3 is 2.36 bits per heavy atom. The maximum atomic E-state index is 11.1. The zero-order valence-electron chi connectivity index (χ0n) is 8.70. The lowest BCUT2D eigenvalue weighted by atomic mass is 9.95. The van der Waals surface area contributed by atoms with Crippen LogP contribution < -0.4 is 5.32 Å². The van der Waals surface area contributed by atoms with Crippen LogP contribution in [0.25, 0.3) is 0 Å². The minimum absolute atomic E-state index is 0.408. The third kappa shape index (κ3) is 2.49. The first-order chi connectivity index (χ1) is 6.56. The Balaban J connectivity index is 2.80. The summed E-state index contributed by atoms with van der Waals surface area (Å²) in [5.74, 6) is 0. The Kier molecular flexibility index (Phi) is 3.12. The quantitative estimate of drug-likeness (QED) is 0.782. The van der Waals surface area contributed by atoms with Gasteiger partial charge in [0.15, 0.2) is 0 Å². The molecule has 0 atom stereocenters. The number of carbonyl (C=O) groups is 1. The first-order valence-electron chi connectivity index (χ1n) is 4.48. The molecule has 0 unspecified atom stereocenters. The number of rotatable bonds is 2. The van der Waals surface area contributed by atoms with Crippen LogP contribution in [0.1, 0.15) is 19.4 Å². The Morgan fingerprint density at radius 1 is 1.29 bits per heavy atom. The van der Waals surface area contributed by atoms with Gasteiger partial charge in [-0.3, -0.25) is 0 Å². The highest BCUT2D eigenvalue weighted by molar-refractivity contribution is 5.68. The normalized spacial score (nSPS) is 10.8. The summed E-state index contributed by atoms with van der Waals surface area (Å²) >= 11 is 0. The van der Waals surface area contributed by atoms with E-state index in [2.05, 4.69) is 10.1 Å². The van der Waals surface area contributed by atoms with Crippen molar-refractivity contribution in [3.8, 4) is 0 Å². The predicted molar refractivity (Wildman–Crippen MR) is 55.0 cm³/mol. The van der Waals surface area contributed by atoms with Crippen LogP contribution in [0.5, 0.6) is 0 Å². The molecule has 0 aliphatic heterocycles. The van der Waals surface area contributed by atoms with Crippen molar-refractivity contribution < 1.29 is 9.53 Å². The number of alkyl carbamates (subject to hydrolysis) is 1. The minimum atomic E-state index is -0.418. The van der Waals surface area contributed by atoms with Gasteiger partial charge < -0.3 is 10.1 Å². The van der Waals surface area contributed by atoms with Crippen molar-refractivity contribution in [3.63, 3.8) is 0 Å². The van der Waals surface area contributed by atoms with E-state index in [1.807, 2.05) is 44.2 Å². The molecule has 3 heteroatoms. The molecule has 0 aliphatic carbocycles. The lowest BCUT2D eigenvalue weighted by molar-refractivity contribution is 0.159. The van der Waals surface area contributed by atoms with Gasteiger partial charge in [0, 0.05) is 0 Å². The van der Waals surface area contributed by atoms with E-state index in [1.165, 1.54) is 7.11 Å². The van der Waals surface area contributed by atoms with Crippen LogP contribution in [0.15, 0.2) is 30.3 Å². The largest absolute Gasteiger partial charge is 0.453 e. The highest BCUT2D eigenvalue weighted by Crippen LogP contribution is 2.19. The molecule has 76 valence electrons. The van der Waals surface area contributed by atoms with Gasteiger partial charge in [-0.15, -0.1) is 0 Å². The van der Waals surface area contributed by atoms with E-state index in [0.29, 0.717) is 0 Å². The van der Waals surface area contributed by atoms with E-state index in [4.69, 9.17) is 0 Å². The van der Waals surface area contributed by atoms with Crippen LogP contribution in [0.4, 0.5) is 4.79 Å². The SMILES string of the molecule is COC(=O)NC(C)(C)c1ccccc1. The van der Waals surface area contributed by atoms with E-state index in [9.17, 15) is 4.79 Å². The molecule has 1 rings (SSSR count). The lowest BCUT2D eigenvalue weighted by Gasteiger charge is -2.25. The molecule has 14 heavy (non-hydrogen) atoms. The van der Waals surface area contributed by atoms with Crippen molar-refractivity contribution in [1.82, 2.24) is 5.32 Å². The average molecular weight is 193 g/mol. The van der Waals surface area contributed by atoms with Crippen LogP contribution in [0.3, 0.4) is 0 Å². The Hall–Kier alpha value is -1.51. The van der Waals surface area contributed by atoms with Gasteiger partial charge in [0.2, 0.25) is 0 Å². The Labute approximate surface area is 84.1 Å². The smallest absolute Gasteiger partial charge is 0.407 e. The van der Waals surface area contributed by atoms with E-state index in [1.54, 1.807) is 0 Å². The third-order valence-electron chi connectivity index (χ3n) is 2.10. The molecule has 0 heterocycles. The summed E-state index contributed by atoms with van der Waals surface area (Å²) in [6.07, 6.45) is -0.418. The number of hydrogen-bond donors (Lipinski definition) is 1. The zero-order valence-corrected chi connectivity index (χ0v) is 8.70. The van der Waals surface area contributed by atoms with Crippen LogP contribution in [-0.2, 0) is 10.3 Å². The third-order valence-corrected chi connectivity index (χ3v) is 2.10. The van der Waals surface area contributed by atoms with Gasteiger partial charge in [-0.05, 0) is 19.4 Å². The fourth-order valence-electron chi connectivity index (χ4n) is 1.23. The monoisotopic (exact) mass is 193 g/mol. The number of ether oxygens (including phenoxy) is 1. The average Bonchev–Trinajstić information content (AvgIpc) is 2.18. The summed E-state index contributed by atoms with van der Waals surface area (Å²) < 4.78 is 4.56. The molecule has 1 amide bonds. The van der Waals surface area contributed by atoms with Crippen molar-refractivity contribution in [1.29, 1.82) is 0 Å². The molecule has 0 saturated heterocycles. The van der Waals surface area contributed by atoms with Crippen molar-refractivity contribution in [2.24, 2.45) is 0 Å². The molecular formula is C11H15NO2. The second-order valence-electron chi connectivity index (χ2n) is 3.61. The number of methoxy groups -OCH3 is 1. The summed E-state index contributed by atoms with van der Waals surface area (Å²) in [5, 5.41) is 2.76. The van der Waals surface area contributed by atoms with E-state index in [-0.39, 0.29) is 0 Å². The van der Waals surface area contributed by atoms with Crippen LogP contribution in [0.2, 0.25) is 0 Å². The van der Waals surface area contributed by atoms with Crippen molar-refractivity contribution in [3.05, 3.63) is 35.9 Å². The molecule has 0 fully saturated rings. The van der Waals surface area contributed by atoms with E-state index >= 15 is 0 Å². The highest BCUT2D eigenvalue weighted by Gasteiger charge is 2.22. The van der Waals surface area contributed by atoms with Gasteiger partial charge in [0.1, 0.15) is 0 Å². The van der Waals surface area contributed by atoms with Crippen LogP contribution in [0, 0.1) is 0 Å². The van der Waals surface area contributed by atoms with Crippen LogP contribution >= 0.6 is 0 Å². The fraction of sp³-hybridized carbons (Fsp3) is 0.364. The molecule has 0 aromatic heterocycles. The lowest BCUT2D eigenvalue weighted by Crippen LogP contribution is -2.40. The molecule has 1 aromatic carbocycles. The summed E-state index contributed by atoms with van der Waals surface area (Å²) in [5.41, 5.74) is 0.638. The van der Waals surface area contributed by atoms with Gasteiger partial charge in [-0.2, -0.15) is 0 Å². The van der Waals surface area contributed by atoms with Crippen molar-refractivity contribution in [2.45, 2.75) is 19.4 Å². The van der Waals surface area contributed by atoms with Crippen molar-refractivity contribution >= 4 is 6.09 Å². The molecule has 3 nitrogen and oxygen atoms in total. The van der Waals surface area contributed by atoms with Gasteiger partial charge in [-0.1, -0.05) is 30.3 Å². The number of amides is 1. The molecular weight excluding hydrogens is 178 g/mol. The number of nitrogens with one attached hydrogen (secondary N) is 1. The van der Waals surface area contributed by atoms with Crippen molar-refractivity contribution in [2.75, 3.05) is 7.11 Å². The van der Waals surface area contributed by atoms with E-state index in [0.717, 1.165) is 5.56 Å². The summed E-state index contributed by atoms with van der Waals surface area (Å²) in [6, 6.07) is 9.76. The molecule has 0 spiro atoms. The zero-order chi connectivity index (χ0) is 10.6. The first-order valence-corrected chi connectivity index (χ1v) is 4.48. The molecule has 0 aliphatic rings. The summed E-state index contributed by atoms with van der Waals surface area (Å²) in [7, 11) is 1.36. The van der Waals surface area contributed by atoms with Gasteiger partial charge >= 0.3 is 6.09 Å². The van der Waals surface area contributed by atoms with Gasteiger partial charge in [-0.25, -0.2) is 4.79 Å². The Bertz CT molecular complexity index is 306. The predicted octanol–water partition coefficient (Wildman–Crippen LogP) is 2.28. The number of hydrogen-bond acceptors (Lipinski definition) is 2. The van der Waals surface area contributed by atoms with Crippen LogP contribution in [-0.4, -0.2) is 13.2 Å². The molecule has 0 saturated carbocycles. The first kappa shape index (κ1) is 10.6. The summed E-state index contributed by atoms with van der Waals surface area (Å²) in [4.78, 5) is 11.1. The second-order valence-corrected chi connectivity index (χ2v) is 3.61. The maximum absolute atomic E-state index is 11.1. The fourth-order valence-corrected chi connectivity index (χ4v) is 1.23. The molecule has 1 aromatic rings. The molecule has 0 bridgehead atoms. The molecule has 1 N–H and O–H groups in total. The topological polar surface area (TPSA) is 38.3 Å². The van der Waals surface area contributed by atoms with Gasteiger partial charge in [0.25, 0.3) is 0 Å². The number of benzene rings is 1. The minimum Gasteiger partial charge on any atom is -0.453 e. The Morgan fingerprint density at radius 2 is 1.86 bits per heavy atom. The van der Waals surface area contributed by atoms with Gasteiger partial charge in [0.05, 0.1) is 12.6 Å². The molecule has 0 radical (unpaired) electrons. The highest BCUT2D eigenvalue weighted by atomic mass is 16.5. The second kappa shape index (κ2) is 4.13. The maximum Gasteiger partial charge on any atom is 0.407 e. The summed E-state index contributed by atoms with van der Waals surface area (Å²) in [6.45, 7) is 3.86. The standard InChI is InChI=1S/C11H15NO2/c1-11(2,12-10(13)14-3)9-7-5-4-6-8-9/h4-8H,1-3H3,(H,12,13). The van der Waals surface area contributed by atoms with E-state index < -0.39 is 11.6 Å². The number of carbonyl (C=O) groups excluding carboxylic acids is 1.